The molecule has 102 valence electrons. The number of aryl methyl sites for hydroxylation is 1. The average Bonchev–Trinajstić information content (AvgIpc) is 3.03. The summed E-state index contributed by atoms with van der Waals surface area (Å²) in [5, 5.41) is 7.74. The number of thiazole rings is 1. The van der Waals surface area contributed by atoms with Gasteiger partial charge in [0.2, 0.25) is 0 Å². The molecule has 5 heteroatoms. The van der Waals surface area contributed by atoms with Gasteiger partial charge in [0.05, 0.1) is 10.7 Å². The third kappa shape index (κ3) is 2.10. The first-order chi connectivity index (χ1) is 9.70. The molecule has 0 unspecified atom stereocenters. The first-order valence-corrected chi connectivity index (χ1v) is 7.44. The third-order valence-corrected chi connectivity index (χ3v) is 4.01. The fraction of sp³-hybridized carbons (Fsp3) is 0.200. The van der Waals surface area contributed by atoms with E-state index in [1.165, 1.54) is 0 Å². The second-order valence-corrected chi connectivity index (χ2v) is 5.63. The topological polar surface area (TPSA) is 56.7 Å². The number of rotatable bonds is 3. The minimum Gasteiger partial charge on any atom is -0.383 e. The van der Waals surface area contributed by atoms with Gasteiger partial charge in [-0.15, -0.1) is 11.3 Å². The number of hydrogen-bond acceptors (Lipinski definition) is 4. The molecule has 0 saturated carbocycles. The van der Waals surface area contributed by atoms with Crippen molar-refractivity contribution in [2.75, 3.05) is 5.73 Å². The molecule has 0 bridgehead atoms. The van der Waals surface area contributed by atoms with Crippen molar-refractivity contribution in [3.63, 3.8) is 0 Å². The fourth-order valence-electron chi connectivity index (χ4n) is 2.26. The number of nitrogens with zero attached hydrogens (tertiary/aromatic N) is 3. The van der Waals surface area contributed by atoms with Crippen LogP contribution in [0.15, 0.2) is 35.7 Å². The van der Waals surface area contributed by atoms with Crippen molar-refractivity contribution in [1.82, 2.24) is 14.8 Å². The van der Waals surface area contributed by atoms with Gasteiger partial charge in [0.25, 0.3) is 0 Å². The van der Waals surface area contributed by atoms with Crippen LogP contribution in [0.5, 0.6) is 0 Å². The Morgan fingerprint density at radius 2 is 2.00 bits per heavy atom. The van der Waals surface area contributed by atoms with E-state index in [9.17, 15) is 0 Å². The van der Waals surface area contributed by atoms with Crippen molar-refractivity contribution in [3.05, 3.63) is 46.3 Å². The number of nitrogens with two attached hydrogens (primary N) is 1. The van der Waals surface area contributed by atoms with Crippen LogP contribution >= 0.6 is 11.3 Å². The Morgan fingerprint density at radius 1 is 1.25 bits per heavy atom. The Balaban J connectivity index is 2.17. The molecule has 0 aliphatic rings. The van der Waals surface area contributed by atoms with Gasteiger partial charge in [0, 0.05) is 10.9 Å². The van der Waals surface area contributed by atoms with Crippen LogP contribution in [0.25, 0.3) is 17.1 Å². The second kappa shape index (κ2) is 5.09. The molecule has 0 aliphatic carbocycles. The van der Waals surface area contributed by atoms with Crippen molar-refractivity contribution >= 4 is 17.2 Å². The molecule has 2 N–H and O–H groups in total. The van der Waals surface area contributed by atoms with Crippen molar-refractivity contribution < 1.29 is 0 Å². The predicted molar refractivity (Wildman–Crippen MR) is 83.2 cm³/mol. The molecule has 0 fully saturated rings. The van der Waals surface area contributed by atoms with E-state index in [-0.39, 0.29) is 0 Å². The Hall–Kier alpha value is -2.14. The van der Waals surface area contributed by atoms with Crippen LogP contribution < -0.4 is 5.73 Å². The molecular weight excluding hydrogens is 268 g/mol. The second-order valence-electron chi connectivity index (χ2n) is 4.57. The quantitative estimate of drug-likeness (QED) is 0.801. The maximum Gasteiger partial charge on any atom is 0.131 e. The molecule has 0 saturated heterocycles. The summed E-state index contributed by atoms with van der Waals surface area (Å²) < 4.78 is 1.79. The van der Waals surface area contributed by atoms with E-state index in [1.54, 1.807) is 16.0 Å². The highest BCUT2D eigenvalue weighted by Crippen LogP contribution is 2.30. The molecule has 3 rings (SSSR count). The molecule has 20 heavy (non-hydrogen) atoms. The van der Waals surface area contributed by atoms with Crippen LogP contribution in [-0.2, 0) is 6.42 Å². The first kappa shape index (κ1) is 12.9. The van der Waals surface area contributed by atoms with Gasteiger partial charge in [-0.1, -0.05) is 25.1 Å². The van der Waals surface area contributed by atoms with Gasteiger partial charge in [-0.3, -0.25) is 0 Å². The standard InChI is InChI=1S/C15H16N4S/c1-3-12-14(13-9-20-10(2)17-13)18-19(15(12)16)11-7-5-4-6-8-11/h4-9H,3,16H2,1-2H3. The first-order valence-electron chi connectivity index (χ1n) is 6.56. The highest BCUT2D eigenvalue weighted by Gasteiger charge is 2.18. The molecule has 4 nitrogen and oxygen atoms in total. The van der Waals surface area contributed by atoms with Crippen LogP contribution in [0, 0.1) is 6.92 Å². The minimum absolute atomic E-state index is 0.694. The molecule has 0 aliphatic heterocycles. The fourth-order valence-corrected chi connectivity index (χ4v) is 2.85. The summed E-state index contributed by atoms with van der Waals surface area (Å²) in [7, 11) is 0. The monoisotopic (exact) mass is 284 g/mol. The summed E-state index contributed by atoms with van der Waals surface area (Å²) in [6.45, 7) is 4.09. The summed E-state index contributed by atoms with van der Waals surface area (Å²) in [6.07, 6.45) is 0.838. The van der Waals surface area contributed by atoms with Crippen molar-refractivity contribution in [1.29, 1.82) is 0 Å². The van der Waals surface area contributed by atoms with E-state index < -0.39 is 0 Å². The third-order valence-electron chi connectivity index (χ3n) is 3.24. The molecule has 1 aromatic carbocycles. The lowest BCUT2D eigenvalue weighted by Gasteiger charge is -2.03. The lowest BCUT2D eigenvalue weighted by molar-refractivity contribution is 0.893. The van der Waals surface area contributed by atoms with Crippen LogP contribution in [0.1, 0.15) is 17.5 Å². The maximum atomic E-state index is 6.27. The Kier molecular flexibility index (Phi) is 3.28. The number of hydrogen-bond donors (Lipinski definition) is 1. The maximum absolute atomic E-state index is 6.27. The zero-order valence-electron chi connectivity index (χ0n) is 11.5. The van der Waals surface area contributed by atoms with Gasteiger partial charge in [-0.2, -0.15) is 5.10 Å². The number of para-hydroxylation sites is 1. The molecule has 0 atom stereocenters. The average molecular weight is 284 g/mol. The van der Waals surface area contributed by atoms with E-state index in [4.69, 9.17) is 5.73 Å². The summed E-state index contributed by atoms with van der Waals surface area (Å²) in [5.41, 5.74) is 10.1. The van der Waals surface area contributed by atoms with E-state index in [2.05, 4.69) is 17.0 Å². The smallest absolute Gasteiger partial charge is 0.131 e. The molecule has 2 heterocycles. The van der Waals surface area contributed by atoms with Gasteiger partial charge in [-0.05, 0) is 25.5 Å². The normalized spacial score (nSPS) is 10.9. The van der Waals surface area contributed by atoms with Crippen molar-refractivity contribution in [2.24, 2.45) is 0 Å². The molecule has 2 aromatic heterocycles. The largest absolute Gasteiger partial charge is 0.383 e. The lowest BCUT2D eigenvalue weighted by Crippen LogP contribution is -2.02. The molecule has 0 radical (unpaired) electrons. The lowest BCUT2D eigenvalue weighted by atomic mass is 10.1. The SMILES string of the molecule is CCc1c(-c2csc(C)n2)nn(-c2ccccc2)c1N. The van der Waals surface area contributed by atoms with Gasteiger partial charge in [0.1, 0.15) is 17.2 Å². The zero-order valence-corrected chi connectivity index (χ0v) is 12.3. The highest BCUT2D eigenvalue weighted by atomic mass is 32.1. The summed E-state index contributed by atoms with van der Waals surface area (Å²) in [5.74, 6) is 0.694. The molecule has 0 amide bonds. The number of nitrogen functional groups attached to an aromatic ring is 1. The summed E-state index contributed by atoms with van der Waals surface area (Å²) in [4.78, 5) is 4.52. The van der Waals surface area contributed by atoms with Crippen LogP contribution in [-0.4, -0.2) is 14.8 Å². The van der Waals surface area contributed by atoms with E-state index in [1.807, 2.05) is 42.6 Å². The molecule has 0 spiro atoms. The van der Waals surface area contributed by atoms with Crippen LogP contribution in [0.2, 0.25) is 0 Å². The number of anilines is 1. The predicted octanol–water partition coefficient (Wildman–Crippen LogP) is 3.45. The minimum atomic E-state index is 0.694. The van der Waals surface area contributed by atoms with Crippen LogP contribution in [0.3, 0.4) is 0 Å². The van der Waals surface area contributed by atoms with E-state index in [0.29, 0.717) is 5.82 Å². The number of benzene rings is 1. The Bertz CT molecular complexity index is 728. The van der Waals surface area contributed by atoms with Gasteiger partial charge < -0.3 is 5.73 Å². The van der Waals surface area contributed by atoms with E-state index in [0.717, 1.165) is 34.1 Å². The van der Waals surface area contributed by atoms with E-state index >= 15 is 0 Å². The summed E-state index contributed by atoms with van der Waals surface area (Å²) in [6, 6.07) is 9.94. The van der Waals surface area contributed by atoms with Crippen molar-refractivity contribution in [3.8, 4) is 17.1 Å². The Morgan fingerprint density at radius 3 is 2.60 bits per heavy atom. The summed E-state index contributed by atoms with van der Waals surface area (Å²) >= 11 is 1.63. The zero-order chi connectivity index (χ0) is 14.1. The molecular formula is C15H16N4S. The van der Waals surface area contributed by atoms with Crippen molar-refractivity contribution in [2.45, 2.75) is 20.3 Å². The highest BCUT2D eigenvalue weighted by molar-refractivity contribution is 7.09. The van der Waals surface area contributed by atoms with Gasteiger partial charge >= 0.3 is 0 Å². The Labute approximate surface area is 121 Å². The molecule has 3 aromatic rings. The van der Waals surface area contributed by atoms with Gasteiger partial charge in [-0.25, -0.2) is 9.67 Å². The number of aromatic nitrogens is 3. The van der Waals surface area contributed by atoms with Gasteiger partial charge in [0.15, 0.2) is 0 Å². The van der Waals surface area contributed by atoms with Crippen LogP contribution in [0.4, 0.5) is 5.82 Å².